The Bertz CT molecular complexity index is 519. The molecule has 0 amide bonds. The van der Waals surface area contributed by atoms with E-state index in [2.05, 4.69) is 51.6 Å². The van der Waals surface area contributed by atoms with E-state index < -0.39 is 0 Å². The van der Waals surface area contributed by atoms with Crippen molar-refractivity contribution < 1.29 is 4.42 Å². The molecule has 1 aliphatic rings. The van der Waals surface area contributed by atoms with Crippen molar-refractivity contribution in [3.8, 4) is 0 Å². The zero-order valence-electron chi connectivity index (χ0n) is 10.8. The van der Waals surface area contributed by atoms with Gasteiger partial charge in [0.15, 0.2) is 0 Å². The molecule has 1 saturated carbocycles. The molecule has 1 heterocycles. The predicted octanol–water partition coefficient (Wildman–Crippen LogP) is 4.12. The summed E-state index contributed by atoms with van der Waals surface area (Å²) in [5.74, 6) is 0.480. The molecule has 2 nitrogen and oxygen atoms in total. The van der Waals surface area contributed by atoms with Gasteiger partial charge in [0.25, 0.3) is 0 Å². The Labute approximate surface area is 122 Å². The molecular weight excluding hydrogens is 302 g/mol. The lowest BCUT2D eigenvalue weighted by Gasteiger charge is -2.19. The summed E-state index contributed by atoms with van der Waals surface area (Å²) in [5, 5.41) is 3.64. The van der Waals surface area contributed by atoms with Crippen molar-refractivity contribution in [2.75, 3.05) is 6.54 Å². The summed E-state index contributed by atoms with van der Waals surface area (Å²) in [6.45, 7) is 1.03. The second kappa shape index (κ2) is 5.93. The van der Waals surface area contributed by atoms with Crippen LogP contribution in [-0.4, -0.2) is 12.6 Å². The van der Waals surface area contributed by atoms with E-state index in [1.807, 2.05) is 6.26 Å². The minimum absolute atomic E-state index is 0.480. The summed E-state index contributed by atoms with van der Waals surface area (Å²) in [6, 6.07) is 11.3. The van der Waals surface area contributed by atoms with E-state index in [0.717, 1.165) is 19.0 Å². The van der Waals surface area contributed by atoms with Gasteiger partial charge in [-0.2, -0.15) is 0 Å². The average Bonchev–Trinajstić information content (AvgIpc) is 3.11. The normalized spacial score (nSPS) is 16.5. The molecule has 0 aliphatic heterocycles. The third-order valence-electron chi connectivity index (χ3n) is 3.64. The zero-order chi connectivity index (χ0) is 13.1. The van der Waals surface area contributed by atoms with E-state index in [-0.39, 0.29) is 0 Å². The molecule has 1 aliphatic carbocycles. The highest BCUT2D eigenvalue weighted by Gasteiger charge is 2.23. The molecule has 19 heavy (non-hydrogen) atoms. The van der Waals surface area contributed by atoms with Gasteiger partial charge < -0.3 is 9.73 Å². The number of hydrogen-bond donors (Lipinski definition) is 1. The summed E-state index contributed by atoms with van der Waals surface area (Å²) in [4.78, 5) is 0. The van der Waals surface area contributed by atoms with Crippen LogP contribution >= 0.6 is 15.9 Å². The lowest BCUT2D eigenvalue weighted by Crippen LogP contribution is -2.25. The van der Waals surface area contributed by atoms with Crippen LogP contribution in [0.15, 0.2) is 51.7 Å². The monoisotopic (exact) mass is 319 g/mol. The van der Waals surface area contributed by atoms with Gasteiger partial charge in [-0.05, 0) is 42.5 Å². The highest BCUT2D eigenvalue weighted by atomic mass is 79.9. The Balaban J connectivity index is 1.76. The van der Waals surface area contributed by atoms with Crippen LogP contribution in [0.1, 0.15) is 29.9 Å². The quantitative estimate of drug-likeness (QED) is 0.866. The molecule has 1 unspecified atom stereocenters. The van der Waals surface area contributed by atoms with E-state index in [9.17, 15) is 0 Å². The second-order valence-electron chi connectivity index (χ2n) is 5.24. The summed E-state index contributed by atoms with van der Waals surface area (Å²) < 4.78 is 6.38. The van der Waals surface area contributed by atoms with Crippen molar-refractivity contribution >= 4 is 15.9 Å². The first kappa shape index (κ1) is 12.9. The van der Waals surface area contributed by atoms with Crippen molar-refractivity contribution in [2.45, 2.75) is 31.2 Å². The second-order valence-corrected chi connectivity index (χ2v) is 6.09. The van der Waals surface area contributed by atoms with Crippen molar-refractivity contribution in [1.29, 1.82) is 0 Å². The molecule has 2 aromatic rings. The smallest absolute Gasteiger partial charge is 0.0934 e. The van der Waals surface area contributed by atoms with E-state index in [1.54, 1.807) is 6.26 Å². The fraction of sp³-hybridized carbons (Fsp3) is 0.375. The zero-order valence-corrected chi connectivity index (χ0v) is 12.4. The van der Waals surface area contributed by atoms with Crippen LogP contribution in [0.5, 0.6) is 0 Å². The van der Waals surface area contributed by atoms with Gasteiger partial charge in [-0.3, -0.25) is 0 Å². The van der Waals surface area contributed by atoms with Crippen LogP contribution in [0.2, 0.25) is 0 Å². The number of furan rings is 1. The Kier molecular flexibility index (Phi) is 4.04. The van der Waals surface area contributed by atoms with Gasteiger partial charge >= 0.3 is 0 Å². The van der Waals surface area contributed by atoms with Gasteiger partial charge in [-0.1, -0.05) is 34.1 Å². The summed E-state index contributed by atoms with van der Waals surface area (Å²) >= 11 is 3.67. The number of rotatable bonds is 6. The highest BCUT2D eigenvalue weighted by Crippen LogP contribution is 2.29. The van der Waals surface area contributed by atoms with Gasteiger partial charge in [0.1, 0.15) is 0 Å². The Morgan fingerprint density at radius 2 is 2.11 bits per heavy atom. The third kappa shape index (κ3) is 3.48. The molecule has 1 fully saturated rings. The number of halogens is 1. The summed E-state index contributed by atoms with van der Waals surface area (Å²) in [6.07, 6.45) is 7.27. The van der Waals surface area contributed by atoms with Crippen molar-refractivity contribution in [1.82, 2.24) is 5.32 Å². The number of nitrogens with one attached hydrogen (secondary N) is 1. The van der Waals surface area contributed by atoms with Gasteiger partial charge in [0.05, 0.1) is 12.5 Å². The minimum atomic E-state index is 0.480. The molecule has 0 bridgehead atoms. The molecule has 1 atom stereocenters. The number of hydrogen-bond acceptors (Lipinski definition) is 2. The van der Waals surface area contributed by atoms with Gasteiger partial charge in [0, 0.05) is 23.0 Å². The molecule has 3 rings (SSSR count). The minimum Gasteiger partial charge on any atom is -0.472 e. The Morgan fingerprint density at radius 1 is 1.26 bits per heavy atom. The van der Waals surface area contributed by atoms with Crippen LogP contribution < -0.4 is 5.32 Å². The first-order chi connectivity index (χ1) is 9.33. The van der Waals surface area contributed by atoms with E-state index in [1.165, 1.54) is 28.4 Å². The van der Waals surface area contributed by atoms with Crippen molar-refractivity contribution in [3.05, 3.63) is 58.5 Å². The first-order valence-electron chi connectivity index (χ1n) is 6.82. The molecule has 100 valence electrons. The molecule has 0 radical (unpaired) electrons. The maximum absolute atomic E-state index is 5.19. The Morgan fingerprint density at radius 3 is 2.79 bits per heavy atom. The van der Waals surface area contributed by atoms with Crippen LogP contribution in [0.3, 0.4) is 0 Å². The third-order valence-corrected chi connectivity index (χ3v) is 4.36. The molecule has 1 aromatic carbocycles. The lowest BCUT2D eigenvalue weighted by atomic mass is 9.93. The lowest BCUT2D eigenvalue weighted by molar-refractivity contribution is 0.550. The van der Waals surface area contributed by atoms with Crippen molar-refractivity contribution in [2.24, 2.45) is 0 Å². The largest absolute Gasteiger partial charge is 0.472 e. The Hall–Kier alpha value is -1.06. The molecule has 0 saturated heterocycles. The van der Waals surface area contributed by atoms with E-state index in [0.29, 0.717) is 5.92 Å². The molecular formula is C16H18BrNO. The van der Waals surface area contributed by atoms with Crippen LogP contribution in [0, 0.1) is 0 Å². The summed E-state index contributed by atoms with van der Waals surface area (Å²) in [5.41, 5.74) is 2.63. The van der Waals surface area contributed by atoms with Crippen LogP contribution in [0.4, 0.5) is 0 Å². The first-order valence-corrected chi connectivity index (χ1v) is 7.61. The van der Waals surface area contributed by atoms with Crippen LogP contribution in [-0.2, 0) is 6.42 Å². The maximum atomic E-state index is 5.19. The topological polar surface area (TPSA) is 25.2 Å². The predicted molar refractivity (Wildman–Crippen MR) is 80.3 cm³/mol. The number of benzene rings is 1. The highest BCUT2D eigenvalue weighted by molar-refractivity contribution is 9.10. The van der Waals surface area contributed by atoms with Gasteiger partial charge in [0.2, 0.25) is 0 Å². The van der Waals surface area contributed by atoms with Crippen molar-refractivity contribution in [3.63, 3.8) is 0 Å². The fourth-order valence-corrected chi connectivity index (χ4v) is 3.00. The standard InChI is InChI=1S/C16H18BrNO/c17-16-4-2-1-3-15(16)13(10-18-14-5-6-14)9-12-7-8-19-11-12/h1-4,7-8,11,13-14,18H,5-6,9-10H2. The summed E-state index contributed by atoms with van der Waals surface area (Å²) in [7, 11) is 0. The average molecular weight is 320 g/mol. The van der Waals surface area contributed by atoms with E-state index in [4.69, 9.17) is 4.42 Å². The van der Waals surface area contributed by atoms with Crippen LogP contribution in [0.25, 0.3) is 0 Å². The molecule has 0 spiro atoms. The molecule has 1 aromatic heterocycles. The van der Waals surface area contributed by atoms with Gasteiger partial charge in [-0.15, -0.1) is 0 Å². The molecule has 3 heteroatoms. The van der Waals surface area contributed by atoms with E-state index >= 15 is 0 Å². The van der Waals surface area contributed by atoms with Gasteiger partial charge in [-0.25, -0.2) is 0 Å². The maximum Gasteiger partial charge on any atom is 0.0934 e. The fourth-order valence-electron chi connectivity index (χ4n) is 2.39. The SMILES string of the molecule is Brc1ccccc1C(CNC1CC1)Cc1ccoc1. The molecule has 1 N–H and O–H groups in total.